The number of carbonyl (C=O) groups excluding carboxylic acids is 4. The molecule has 1 aromatic heterocycles. The first-order valence-electron chi connectivity index (χ1n) is 19.9. The predicted molar refractivity (Wildman–Crippen MR) is 230 cm³/mol. The Morgan fingerprint density at radius 1 is 0.917 bits per heavy atom. The molecule has 14 nitrogen and oxygen atoms in total. The largest absolute Gasteiger partial charge is 0.497 e. The van der Waals surface area contributed by atoms with Gasteiger partial charge >= 0.3 is 6.09 Å². The number of ether oxygens (including phenoxy) is 3. The number of carbonyl (C=O) groups is 4. The number of aromatic nitrogens is 1. The van der Waals surface area contributed by atoms with E-state index >= 15 is 0 Å². The molecule has 2 heterocycles. The molecule has 5 rings (SSSR count). The third-order valence-corrected chi connectivity index (χ3v) is 10.8. The number of nitrogens with one attached hydrogen (secondary N) is 4. The van der Waals surface area contributed by atoms with E-state index in [1.807, 2.05) is 54.6 Å². The summed E-state index contributed by atoms with van der Waals surface area (Å²) in [6.45, 7) is 12.2. The molecule has 4 N–H and O–H groups in total. The van der Waals surface area contributed by atoms with Crippen LogP contribution in [0.2, 0.25) is 0 Å². The van der Waals surface area contributed by atoms with Gasteiger partial charge in [0.15, 0.2) is 0 Å². The van der Waals surface area contributed by atoms with Crippen LogP contribution in [0.3, 0.4) is 0 Å². The maximum Gasteiger partial charge on any atom is 0.408 e. The molecule has 0 radical (unpaired) electrons. The van der Waals surface area contributed by atoms with E-state index in [0.29, 0.717) is 51.4 Å². The number of fused-ring (bicyclic) bond motifs is 3. The number of nitrogens with zero attached hydrogens (tertiary/aromatic N) is 1. The van der Waals surface area contributed by atoms with Crippen LogP contribution in [0.5, 0.6) is 17.2 Å². The third-order valence-electron chi connectivity index (χ3n) is 9.55. The summed E-state index contributed by atoms with van der Waals surface area (Å²) in [5.41, 5.74) is 1.41. The molecule has 0 fully saturated rings. The topological polar surface area (TPSA) is 191 Å². The fourth-order valence-electron chi connectivity index (χ4n) is 6.57. The zero-order valence-electron chi connectivity index (χ0n) is 35.4. The molecule has 1 unspecified atom stereocenters. The Hall–Kier alpha value is -5.96. The van der Waals surface area contributed by atoms with Gasteiger partial charge in [0.25, 0.3) is 5.91 Å². The minimum Gasteiger partial charge on any atom is -0.497 e. The van der Waals surface area contributed by atoms with E-state index in [4.69, 9.17) is 19.2 Å². The Morgan fingerprint density at radius 3 is 2.32 bits per heavy atom. The van der Waals surface area contributed by atoms with Crippen molar-refractivity contribution in [2.45, 2.75) is 97.9 Å². The van der Waals surface area contributed by atoms with Crippen LogP contribution in [-0.4, -0.2) is 67.8 Å². The standard InChI is InChI=1S/C45H55N5O9S/c1-9-16-33-40(51)50-60(55,56)24-15-11-14-19-29-25-30(38(41(52)47-33)48-42(53)39(44(2,3)4)49-43(54)59-45(5,6)7)20-23-36(29)58-37-27-34(28-17-12-10-13-18-28)46-35-26-31(57-8)21-22-32(35)37/h10-14,17-18,20-23,25-27,33,38-39H,9,15-16,19,24H2,1-8H3,(H,47,52)(H,48,53)(H,49,54)(H,50,51)/b14-11+/t33-,38?,39+/m0/s1. The molecule has 1 aliphatic rings. The number of alkyl carbamates (subject to hydrolysis) is 1. The van der Waals surface area contributed by atoms with Crippen LogP contribution < -0.4 is 30.1 Å². The molecule has 320 valence electrons. The van der Waals surface area contributed by atoms with Gasteiger partial charge in [0.2, 0.25) is 21.8 Å². The quantitative estimate of drug-likeness (QED) is 0.127. The molecule has 0 spiro atoms. The maximum absolute atomic E-state index is 14.4. The second-order valence-electron chi connectivity index (χ2n) is 16.7. The number of hydrogen-bond donors (Lipinski definition) is 4. The Bertz CT molecular complexity index is 2350. The zero-order chi connectivity index (χ0) is 43.8. The van der Waals surface area contributed by atoms with E-state index in [2.05, 4.69) is 20.7 Å². The van der Waals surface area contributed by atoms with Crippen molar-refractivity contribution < 1.29 is 41.8 Å². The van der Waals surface area contributed by atoms with Crippen LogP contribution in [0.1, 0.15) is 84.9 Å². The van der Waals surface area contributed by atoms with Crippen molar-refractivity contribution in [2.75, 3.05) is 12.9 Å². The number of sulfonamides is 1. The number of hydrogen-bond acceptors (Lipinski definition) is 10. The lowest BCUT2D eigenvalue weighted by atomic mass is 9.86. The van der Waals surface area contributed by atoms with Gasteiger partial charge in [-0.15, -0.1) is 0 Å². The zero-order valence-corrected chi connectivity index (χ0v) is 36.2. The molecule has 4 aromatic rings. The molecule has 0 saturated heterocycles. The van der Waals surface area contributed by atoms with Gasteiger partial charge in [-0.3, -0.25) is 19.1 Å². The minimum absolute atomic E-state index is 0.109. The first-order valence-corrected chi connectivity index (χ1v) is 21.6. The van der Waals surface area contributed by atoms with E-state index < -0.39 is 63.0 Å². The molecule has 0 saturated carbocycles. The molecule has 3 atom stereocenters. The van der Waals surface area contributed by atoms with E-state index in [9.17, 15) is 27.6 Å². The molecular formula is C45H55N5O9S. The molecule has 3 aromatic carbocycles. The van der Waals surface area contributed by atoms with E-state index in [1.165, 1.54) is 0 Å². The Labute approximate surface area is 351 Å². The molecule has 60 heavy (non-hydrogen) atoms. The van der Waals surface area contributed by atoms with Crippen LogP contribution in [0.15, 0.2) is 84.9 Å². The number of benzene rings is 3. The van der Waals surface area contributed by atoms with Crippen LogP contribution in [0.4, 0.5) is 4.79 Å². The van der Waals surface area contributed by atoms with Gasteiger partial charge in [0.1, 0.15) is 41.0 Å². The van der Waals surface area contributed by atoms with Crippen LogP contribution in [0, 0.1) is 5.41 Å². The Balaban J connectivity index is 1.63. The average Bonchev–Trinajstić information content (AvgIpc) is 3.17. The van der Waals surface area contributed by atoms with Crippen molar-refractivity contribution in [1.82, 2.24) is 25.7 Å². The Morgan fingerprint density at radius 2 is 1.65 bits per heavy atom. The highest BCUT2D eigenvalue weighted by Gasteiger charge is 2.37. The lowest BCUT2D eigenvalue weighted by molar-refractivity contribution is -0.133. The lowest BCUT2D eigenvalue weighted by Crippen LogP contribution is -2.57. The number of methoxy groups -OCH3 is 1. The minimum atomic E-state index is -4.07. The van der Waals surface area contributed by atoms with Crippen molar-refractivity contribution in [3.63, 3.8) is 0 Å². The monoisotopic (exact) mass is 841 g/mol. The molecule has 0 aliphatic carbocycles. The molecule has 2 bridgehead atoms. The molecule has 1 aliphatic heterocycles. The van der Waals surface area contributed by atoms with E-state index in [0.717, 1.165) is 5.56 Å². The number of amides is 4. The molecule has 4 amide bonds. The summed E-state index contributed by atoms with van der Waals surface area (Å²) in [6.07, 6.45) is 3.56. The lowest BCUT2D eigenvalue weighted by Gasteiger charge is -2.33. The predicted octanol–water partition coefficient (Wildman–Crippen LogP) is 7.03. The summed E-state index contributed by atoms with van der Waals surface area (Å²) in [5, 5.41) is 8.87. The van der Waals surface area contributed by atoms with Crippen molar-refractivity contribution in [1.29, 1.82) is 0 Å². The van der Waals surface area contributed by atoms with Gasteiger partial charge in [-0.05, 0) is 80.8 Å². The normalized spacial score (nSPS) is 18.4. The molecular weight excluding hydrogens is 787 g/mol. The van der Waals surface area contributed by atoms with Crippen molar-refractivity contribution in [2.24, 2.45) is 5.41 Å². The van der Waals surface area contributed by atoms with E-state index in [1.54, 1.807) is 85.9 Å². The fourth-order valence-corrected chi connectivity index (χ4v) is 7.56. The summed E-state index contributed by atoms with van der Waals surface area (Å²) in [6, 6.07) is 18.2. The molecule has 15 heteroatoms. The smallest absolute Gasteiger partial charge is 0.408 e. The Kier molecular flexibility index (Phi) is 14.3. The fraction of sp³-hybridized carbons (Fsp3) is 0.400. The van der Waals surface area contributed by atoms with Crippen LogP contribution in [-0.2, 0) is 35.6 Å². The van der Waals surface area contributed by atoms with Gasteiger partial charge < -0.3 is 30.2 Å². The number of allylic oxidation sites excluding steroid dienone is 2. The third kappa shape index (κ3) is 12.1. The summed E-state index contributed by atoms with van der Waals surface area (Å²) >= 11 is 0. The van der Waals surface area contributed by atoms with Gasteiger partial charge in [-0.1, -0.05) is 82.7 Å². The summed E-state index contributed by atoms with van der Waals surface area (Å²) in [5.74, 6) is -1.19. The first kappa shape index (κ1) is 45.1. The van der Waals surface area contributed by atoms with Crippen LogP contribution >= 0.6 is 0 Å². The van der Waals surface area contributed by atoms with Crippen molar-refractivity contribution in [3.8, 4) is 28.5 Å². The van der Waals surface area contributed by atoms with Crippen molar-refractivity contribution >= 4 is 44.7 Å². The van der Waals surface area contributed by atoms with Gasteiger partial charge in [-0.25, -0.2) is 18.2 Å². The SMILES string of the molecule is CCC[C@@H]1NC(=O)C(NC(=O)[C@@H](NC(=O)OC(C)(C)C)C(C)(C)C)c2ccc(Oc3cc(-c4ccccc4)nc4cc(OC)ccc34)c(c2)C/C=C/CCS(=O)(=O)NC1=O. The maximum atomic E-state index is 14.4. The van der Waals surface area contributed by atoms with Gasteiger partial charge in [-0.2, -0.15) is 0 Å². The van der Waals surface area contributed by atoms with Gasteiger partial charge in [0, 0.05) is 23.1 Å². The van der Waals surface area contributed by atoms with E-state index in [-0.39, 0.29) is 25.0 Å². The second-order valence-corrected chi connectivity index (χ2v) is 18.6. The van der Waals surface area contributed by atoms with Crippen LogP contribution in [0.25, 0.3) is 22.2 Å². The summed E-state index contributed by atoms with van der Waals surface area (Å²) in [7, 11) is -2.49. The second kappa shape index (κ2) is 19.0. The highest BCUT2D eigenvalue weighted by atomic mass is 32.2. The van der Waals surface area contributed by atoms with Crippen molar-refractivity contribution in [3.05, 3.63) is 96.1 Å². The average molecular weight is 842 g/mol. The summed E-state index contributed by atoms with van der Waals surface area (Å²) in [4.78, 5) is 59.8. The summed E-state index contributed by atoms with van der Waals surface area (Å²) < 4.78 is 45.7. The highest BCUT2D eigenvalue weighted by Crippen LogP contribution is 2.37. The number of pyridine rings is 1. The van der Waals surface area contributed by atoms with Gasteiger partial charge in [0.05, 0.1) is 24.1 Å². The highest BCUT2D eigenvalue weighted by molar-refractivity contribution is 7.90. The number of rotatable bonds is 9. The first-order chi connectivity index (χ1) is 28.3.